The Hall–Kier alpha value is -0.990. The van der Waals surface area contributed by atoms with Crippen LogP contribution in [0.1, 0.15) is 11.8 Å². The summed E-state index contributed by atoms with van der Waals surface area (Å²) in [6, 6.07) is 7.93. The zero-order valence-electron chi connectivity index (χ0n) is 6.88. The molecule has 1 N–H and O–H groups in total. The molecule has 0 amide bonds. The summed E-state index contributed by atoms with van der Waals surface area (Å²) in [5.41, 5.74) is 2.27. The van der Waals surface area contributed by atoms with Crippen LogP contribution in [0, 0.1) is 0 Å². The van der Waals surface area contributed by atoms with Gasteiger partial charge in [0.05, 0.1) is 6.61 Å². The van der Waals surface area contributed by atoms with Gasteiger partial charge in [0.1, 0.15) is 6.10 Å². The summed E-state index contributed by atoms with van der Waals surface area (Å²) in [4.78, 5) is 3.30. The van der Waals surface area contributed by atoms with Crippen molar-refractivity contribution in [1.29, 1.82) is 0 Å². The lowest BCUT2D eigenvalue weighted by Crippen LogP contribution is -1.76. The molecule has 0 aliphatic carbocycles. The van der Waals surface area contributed by atoms with Crippen LogP contribution >= 0.6 is 11.6 Å². The zero-order valence-corrected chi connectivity index (χ0v) is 7.64. The highest BCUT2D eigenvalue weighted by Gasteiger charge is 2.26. The molecular formula is C10H8ClNO. The van der Waals surface area contributed by atoms with Crippen LogP contribution in [0.3, 0.4) is 0 Å². The standard InChI is InChI=1S/C10H8ClNO/c11-7-1-2-8-6(3-7)4-9(12-8)10-5-13-10/h1-4,10,12H,5H2. The highest BCUT2D eigenvalue weighted by Crippen LogP contribution is 2.31. The van der Waals surface area contributed by atoms with Gasteiger partial charge >= 0.3 is 0 Å². The number of ether oxygens (including phenoxy) is 1. The van der Waals surface area contributed by atoms with E-state index >= 15 is 0 Å². The molecule has 3 rings (SSSR count). The minimum absolute atomic E-state index is 0.283. The summed E-state index contributed by atoms with van der Waals surface area (Å²) in [6.07, 6.45) is 0.283. The molecule has 1 saturated heterocycles. The maximum atomic E-state index is 5.88. The fourth-order valence-corrected chi connectivity index (χ4v) is 1.71. The average Bonchev–Trinajstić information content (AvgIpc) is 2.87. The SMILES string of the molecule is Clc1ccc2[nH]c(C3CO3)cc2c1. The smallest absolute Gasteiger partial charge is 0.121 e. The third-order valence-electron chi connectivity index (χ3n) is 2.28. The number of benzene rings is 1. The summed E-state index contributed by atoms with van der Waals surface area (Å²) in [7, 11) is 0. The first kappa shape index (κ1) is 7.42. The van der Waals surface area contributed by atoms with Crippen molar-refractivity contribution < 1.29 is 4.74 Å². The van der Waals surface area contributed by atoms with Gasteiger partial charge in [-0.15, -0.1) is 0 Å². The fraction of sp³-hybridized carbons (Fsp3) is 0.200. The molecule has 1 fully saturated rings. The topological polar surface area (TPSA) is 28.3 Å². The van der Waals surface area contributed by atoms with E-state index in [1.54, 1.807) is 0 Å². The van der Waals surface area contributed by atoms with Crippen molar-refractivity contribution in [2.75, 3.05) is 6.61 Å². The predicted molar refractivity (Wildman–Crippen MR) is 52.0 cm³/mol. The average molecular weight is 194 g/mol. The second-order valence-electron chi connectivity index (χ2n) is 3.28. The molecule has 13 heavy (non-hydrogen) atoms. The lowest BCUT2D eigenvalue weighted by Gasteiger charge is -1.88. The predicted octanol–water partition coefficient (Wildman–Crippen LogP) is 2.89. The Kier molecular flexibility index (Phi) is 1.43. The highest BCUT2D eigenvalue weighted by atomic mass is 35.5. The van der Waals surface area contributed by atoms with E-state index in [-0.39, 0.29) is 6.10 Å². The molecule has 2 nitrogen and oxygen atoms in total. The summed E-state index contributed by atoms with van der Waals surface area (Å²) < 4.78 is 5.19. The number of halogens is 1. The number of epoxide rings is 1. The second kappa shape index (κ2) is 2.50. The number of nitrogens with one attached hydrogen (secondary N) is 1. The van der Waals surface area contributed by atoms with Gasteiger partial charge in [-0.3, -0.25) is 0 Å². The van der Waals surface area contributed by atoms with E-state index in [2.05, 4.69) is 11.1 Å². The molecule has 0 radical (unpaired) electrons. The zero-order chi connectivity index (χ0) is 8.84. The van der Waals surface area contributed by atoms with E-state index in [0.717, 1.165) is 28.2 Å². The minimum Gasteiger partial charge on any atom is -0.366 e. The normalized spacial score (nSPS) is 20.8. The van der Waals surface area contributed by atoms with E-state index in [1.807, 2.05) is 18.2 Å². The lowest BCUT2D eigenvalue weighted by atomic mass is 10.2. The summed E-state index contributed by atoms with van der Waals surface area (Å²) in [5.74, 6) is 0. The number of hydrogen-bond acceptors (Lipinski definition) is 1. The number of hydrogen-bond donors (Lipinski definition) is 1. The van der Waals surface area contributed by atoms with Crippen LogP contribution < -0.4 is 0 Å². The van der Waals surface area contributed by atoms with Gasteiger partial charge in [-0.05, 0) is 24.3 Å². The second-order valence-corrected chi connectivity index (χ2v) is 3.71. The molecule has 1 atom stereocenters. The van der Waals surface area contributed by atoms with Crippen molar-refractivity contribution >= 4 is 22.5 Å². The van der Waals surface area contributed by atoms with Gasteiger partial charge in [-0.25, -0.2) is 0 Å². The highest BCUT2D eigenvalue weighted by molar-refractivity contribution is 6.31. The van der Waals surface area contributed by atoms with E-state index in [1.165, 1.54) is 0 Å². The van der Waals surface area contributed by atoms with Gasteiger partial charge in [-0.1, -0.05) is 11.6 Å². The number of H-pyrrole nitrogens is 1. The maximum Gasteiger partial charge on any atom is 0.121 e. The monoisotopic (exact) mass is 193 g/mol. The van der Waals surface area contributed by atoms with Crippen LogP contribution in [-0.2, 0) is 4.74 Å². The molecule has 2 heterocycles. The van der Waals surface area contributed by atoms with Gasteiger partial charge in [-0.2, -0.15) is 0 Å². The maximum absolute atomic E-state index is 5.88. The molecule has 0 bridgehead atoms. The molecule has 0 saturated carbocycles. The van der Waals surface area contributed by atoms with E-state index < -0.39 is 0 Å². The number of rotatable bonds is 1. The third kappa shape index (κ3) is 1.23. The Bertz CT molecular complexity index is 459. The first-order valence-electron chi connectivity index (χ1n) is 4.23. The first-order valence-corrected chi connectivity index (χ1v) is 4.60. The van der Waals surface area contributed by atoms with Gasteiger partial charge in [0.15, 0.2) is 0 Å². The first-order chi connectivity index (χ1) is 6.33. The van der Waals surface area contributed by atoms with Crippen LogP contribution in [0.5, 0.6) is 0 Å². The van der Waals surface area contributed by atoms with Crippen LogP contribution in [0.25, 0.3) is 10.9 Å². The van der Waals surface area contributed by atoms with Crippen LogP contribution in [0.2, 0.25) is 5.02 Å². The molecule has 1 aliphatic rings. The molecule has 66 valence electrons. The summed E-state index contributed by atoms with van der Waals surface area (Å²) in [5, 5.41) is 1.92. The molecule has 1 aromatic heterocycles. The Labute approximate surface area is 80.5 Å². The van der Waals surface area contributed by atoms with Crippen LogP contribution in [0.4, 0.5) is 0 Å². The van der Waals surface area contributed by atoms with Crippen molar-refractivity contribution in [1.82, 2.24) is 4.98 Å². The van der Waals surface area contributed by atoms with Gasteiger partial charge in [0.2, 0.25) is 0 Å². The Balaban J connectivity index is 2.20. The number of fused-ring (bicyclic) bond motifs is 1. The lowest BCUT2D eigenvalue weighted by molar-refractivity contribution is 0.412. The Morgan fingerprint density at radius 1 is 1.38 bits per heavy atom. The molecule has 1 unspecified atom stereocenters. The molecule has 0 spiro atoms. The minimum atomic E-state index is 0.283. The van der Waals surface area contributed by atoms with Crippen molar-refractivity contribution in [3.05, 3.63) is 35.0 Å². The van der Waals surface area contributed by atoms with Crippen molar-refractivity contribution in [3.8, 4) is 0 Å². The number of aromatic nitrogens is 1. The van der Waals surface area contributed by atoms with Gasteiger partial charge in [0.25, 0.3) is 0 Å². The van der Waals surface area contributed by atoms with Gasteiger partial charge in [0, 0.05) is 21.6 Å². The van der Waals surface area contributed by atoms with Crippen LogP contribution in [0.15, 0.2) is 24.3 Å². The van der Waals surface area contributed by atoms with Crippen molar-refractivity contribution in [2.24, 2.45) is 0 Å². The quantitative estimate of drug-likeness (QED) is 0.694. The Morgan fingerprint density at radius 2 is 2.23 bits per heavy atom. The van der Waals surface area contributed by atoms with E-state index in [9.17, 15) is 0 Å². The molecular weight excluding hydrogens is 186 g/mol. The summed E-state index contributed by atoms with van der Waals surface area (Å²) >= 11 is 5.88. The molecule has 3 heteroatoms. The fourth-order valence-electron chi connectivity index (χ4n) is 1.53. The van der Waals surface area contributed by atoms with E-state index in [0.29, 0.717) is 0 Å². The molecule has 1 aliphatic heterocycles. The van der Waals surface area contributed by atoms with Crippen LogP contribution in [-0.4, -0.2) is 11.6 Å². The molecule has 2 aromatic rings. The Morgan fingerprint density at radius 3 is 3.00 bits per heavy atom. The third-order valence-corrected chi connectivity index (χ3v) is 2.52. The largest absolute Gasteiger partial charge is 0.366 e. The van der Waals surface area contributed by atoms with Gasteiger partial charge < -0.3 is 9.72 Å². The number of aromatic amines is 1. The van der Waals surface area contributed by atoms with E-state index in [4.69, 9.17) is 16.3 Å². The molecule has 1 aromatic carbocycles. The van der Waals surface area contributed by atoms with Crippen molar-refractivity contribution in [3.63, 3.8) is 0 Å². The summed E-state index contributed by atoms with van der Waals surface area (Å²) in [6.45, 7) is 0.834. The van der Waals surface area contributed by atoms with Crippen molar-refractivity contribution in [2.45, 2.75) is 6.10 Å².